The predicted octanol–water partition coefficient (Wildman–Crippen LogP) is 2.42. The summed E-state index contributed by atoms with van der Waals surface area (Å²) >= 11 is 18.5. The van der Waals surface area contributed by atoms with Gasteiger partial charge in [-0.3, -0.25) is 9.36 Å². The number of fused-ring (bicyclic) bond motifs is 1. The molecule has 1 aromatic heterocycles. The van der Waals surface area contributed by atoms with Crippen LogP contribution in [0.1, 0.15) is 23.4 Å². The highest BCUT2D eigenvalue weighted by Gasteiger charge is 2.45. The Labute approximate surface area is 152 Å². The van der Waals surface area contributed by atoms with Crippen molar-refractivity contribution in [1.29, 1.82) is 0 Å². The second kappa shape index (κ2) is 6.46. The van der Waals surface area contributed by atoms with Crippen molar-refractivity contribution in [1.82, 2.24) is 4.57 Å². The summed E-state index contributed by atoms with van der Waals surface area (Å²) in [6.45, 7) is 0.860. The Kier molecular flexibility index (Phi) is 4.83. The van der Waals surface area contributed by atoms with Crippen molar-refractivity contribution in [3.63, 3.8) is 0 Å². The number of carbonyl (C=O) groups is 1. The standard InChI is InChI=1S/C15H14Cl3NO5/c1-5(21)19-9-3-8(17)7(16)2-6(9)11(15(19)18)14-13(23)12(22)10(4-20)24-14/h2-3,10,12-14,20,22-23H,4H2,1H3/t10-,12-,13-,14+/m1/s1. The molecule has 1 aliphatic heterocycles. The van der Waals surface area contributed by atoms with Gasteiger partial charge in [-0.05, 0) is 12.1 Å². The van der Waals surface area contributed by atoms with Crippen molar-refractivity contribution in [3.05, 3.63) is 32.9 Å². The Bertz CT molecular complexity index is 821. The zero-order valence-corrected chi connectivity index (χ0v) is 14.7. The lowest BCUT2D eigenvalue weighted by Crippen LogP contribution is -2.32. The maximum absolute atomic E-state index is 12.0. The van der Waals surface area contributed by atoms with Crippen molar-refractivity contribution < 1.29 is 24.9 Å². The van der Waals surface area contributed by atoms with Crippen LogP contribution >= 0.6 is 34.8 Å². The quantitative estimate of drug-likeness (QED) is 0.727. The van der Waals surface area contributed by atoms with Crippen LogP contribution in [0.15, 0.2) is 12.1 Å². The molecule has 3 rings (SSSR count). The van der Waals surface area contributed by atoms with Gasteiger partial charge in [0.05, 0.1) is 22.2 Å². The molecule has 2 heterocycles. The monoisotopic (exact) mass is 393 g/mol. The Balaban J connectivity index is 2.27. The Morgan fingerprint density at radius 1 is 1.21 bits per heavy atom. The molecule has 0 amide bonds. The van der Waals surface area contributed by atoms with Crippen LogP contribution in [0, 0.1) is 0 Å². The van der Waals surface area contributed by atoms with Gasteiger partial charge in [-0.1, -0.05) is 34.8 Å². The van der Waals surface area contributed by atoms with E-state index in [-0.39, 0.29) is 21.1 Å². The van der Waals surface area contributed by atoms with E-state index in [2.05, 4.69) is 0 Å². The third-order valence-corrected chi connectivity index (χ3v) is 5.22. The molecule has 6 nitrogen and oxygen atoms in total. The van der Waals surface area contributed by atoms with Crippen LogP contribution in [0.2, 0.25) is 15.2 Å². The molecule has 2 aromatic rings. The maximum Gasteiger partial charge on any atom is 0.229 e. The Morgan fingerprint density at radius 3 is 2.38 bits per heavy atom. The van der Waals surface area contributed by atoms with Gasteiger partial charge in [-0.15, -0.1) is 0 Å². The number of nitrogens with zero attached hydrogens (tertiary/aromatic N) is 1. The molecule has 1 saturated heterocycles. The summed E-state index contributed by atoms with van der Waals surface area (Å²) < 4.78 is 6.76. The van der Waals surface area contributed by atoms with Gasteiger partial charge in [0.15, 0.2) is 0 Å². The average molecular weight is 395 g/mol. The van der Waals surface area contributed by atoms with E-state index in [1.54, 1.807) is 0 Å². The third-order valence-electron chi connectivity index (χ3n) is 4.13. The molecule has 0 spiro atoms. The van der Waals surface area contributed by atoms with Crippen molar-refractivity contribution in [3.8, 4) is 0 Å². The van der Waals surface area contributed by atoms with Crippen molar-refractivity contribution in [2.45, 2.75) is 31.3 Å². The number of benzene rings is 1. The molecule has 4 atom stereocenters. The van der Waals surface area contributed by atoms with E-state index in [0.717, 1.165) is 0 Å². The van der Waals surface area contributed by atoms with Crippen LogP contribution in [-0.2, 0) is 4.74 Å². The fourth-order valence-corrected chi connectivity index (χ4v) is 3.73. The number of aliphatic hydroxyl groups excluding tert-OH is 3. The minimum absolute atomic E-state index is 0.0330. The second-order valence-corrected chi connectivity index (χ2v) is 6.77. The minimum Gasteiger partial charge on any atom is -0.394 e. The van der Waals surface area contributed by atoms with Crippen LogP contribution < -0.4 is 0 Å². The lowest BCUT2D eigenvalue weighted by molar-refractivity contribution is -0.0223. The van der Waals surface area contributed by atoms with Gasteiger partial charge >= 0.3 is 0 Å². The maximum atomic E-state index is 12.0. The summed E-state index contributed by atoms with van der Waals surface area (Å²) in [6.07, 6.45) is -4.58. The third kappa shape index (κ3) is 2.63. The van der Waals surface area contributed by atoms with Crippen molar-refractivity contribution in [2.24, 2.45) is 0 Å². The largest absolute Gasteiger partial charge is 0.394 e. The first-order valence-electron chi connectivity index (χ1n) is 7.10. The van der Waals surface area contributed by atoms with E-state index in [9.17, 15) is 20.1 Å². The Morgan fingerprint density at radius 2 is 1.83 bits per heavy atom. The smallest absolute Gasteiger partial charge is 0.229 e. The number of ether oxygens (including phenoxy) is 1. The van der Waals surface area contributed by atoms with E-state index in [4.69, 9.17) is 39.5 Å². The molecular weight excluding hydrogens is 381 g/mol. The van der Waals surface area contributed by atoms with E-state index in [1.807, 2.05) is 0 Å². The lowest BCUT2D eigenvalue weighted by atomic mass is 10.0. The molecule has 3 N–H and O–H groups in total. The van der Waals surface area contributed by atoms with E-state index >= 15 is 0 Å². The number of aromatic nitrogens is 1. The number of carbonyl (C=O) groups excluding carboxylic acids is 1. The fraction of sp³-hybridized carbons (Fsp3) is 0.400. The van der Waals surface area contributed by atoms with Crippen LogP contribution in [-0.4, -0.2) is 50.7 Å². The van der Waals surface area contributed by atoms with Gasteiger partial charge in [0.2, 0.25) is 5.91 Å². The van der Waals surface area contributed by atoms with Crippen LogP contribution in [0.3, 0.4) is 0 Å². The molecule has 24 heavy (non-hydrogen) atoms. The highest BCUT2D eigenvalue weighted by Crippen LogP contribution is 2.44. The van der Waals surface area contributed by atoms with Crippen LogP contribution in [0.25, 0.3) is 10.9 Å². The van der Waals surface area contributed by atoms with Gasteiger partial charge in [0.1, 0.15) is 29.6 Å². The molecule has 1 fully saturated rings. The summed E-state index contributed by atoms with van der Waals surface area (Å²) in [4.78, 5) is 12.0. The molecular formula is C15H14Cl3NO5. The summed E-state index contributed by atoms with van der Waals surface area (Å²) in [5.74, 6) is -0.360. The van der Waals surface area contributed by atoms with Crippen molar-refractivity contribution in [2.75, 3.05) is 6.61 Å². The number of hydrogen-bond acceptors (Lipinski definition) is 5. The van der Waals surface area contributed by atoms with Gasteiger partial charge in [-0.2, -0.15) is 0 Å². The molecule has 130 valence electrons. The fourth-order valence-electron chi connectivity index (χ4n) is 2.99. The normalized spacial score (nSPS) is 27.1. The zero-order chi connectivity index (χ0) is 17.8. The first kappa shape index (κ1) is 17.9. The average Bonchev–Trinajstić information content (AvgIpc) is 2.94. The van der Waals surface area contributed by atoms with Crippen molar-refractivity contribution >= 4 is 51.6 Å². The first-order valence-corrected chi connectivity index (χ1v) is 8.23. The number of aliphatic hydroxyl groups is 3. The SMILES string of the molecule is CC(=O)n1c(Cl)c([C@@H]2O[C@H](CO)[C@@H](O)[C@H]2O)c2cc(Cl)c(Cl)cc21. The molecule has 0 bridgehead atoms. The summed E-state index contributed by atoms with van der Waals surface area (Å²) in [5.41, 5.74) is 0.720. The van der Waals surface area contributed by atoms with E-state index in [0.29, 0.717) is 16.5 Å². The number of hydrogen-bond donors (Lipinski definition) is 3. The highest BCUT2D eigenvalue weighted by molar-refractivity contribution is 6.43. The topological polar surface area (TPSA) is 91.9 Å². The second-order valence-electron chi connectivity index (χ2n) is 5.60. The zero-order valence-electron chi connectivity index (χ0n) is 12.4. The molecule has 0 saturated carbocycles. The number of rotatable bonds is 2. The first-order chi connectivity index (χ1) is 11.3. The number of halogens is 3. The van der Waals surface area contributed by atoms with Crippen LogP contribution in [0.4, 0.5) is 0 Å². The van der Waals surface area contributed by atoms with Gasteiger partial charge in [-0.25, -0.2) is 0 Å². The highest BCUT2D eigenvalue weighted by atomic mass is 35.5. The van der Waals surface area contributed by atoms with Gasteiger partial charge in [0, 0.05) is 17.9 Å². The summed E-state index contributed by atoms with van der Waals surface area (Å²) in [7, 11) is 0. The van der Waals surface area contributed by atoms with Gasteiger partial charge < -0.3 is 20.1 Å². The Hall–Kier alpha value is -0.860. The molecule has 1 aliphatic rings. The summed E-state index contributed by atoms with van der Waals surface area (Å²) in [5, 5.41) is 30.5. The predicted molar refractivity (Wildman–Crippen MR) is 90.0 cm³/mol. The molecule has 1 aromatic carbocycles. The molecule has 0 aliphatic carbocycles. The molecule has 9 heteroatoms. The lowest BCUT2D eigenvalue weighted by Gasteiger charge is -2.15. The minimum atomic E-state index is -1.32. The van der Waals surface area contributed by atoms with E-state index < -0.39 is 31.0 Å². The van der Waals surface area contributed by atoms with Crippen LogP contribution in [0.5, 0.6) is 0 Å². The molecule has 0 radical (unpaired) electrons. The summed E-state index contributed by atoms with van der Waals surface area (Å²) in [6, 6.07) is 3.02. The van der Waals surface area contributed by atoms with Gasteiger partial charge in [0.25, 0.3) is 0 Å². The molecule has 0 unspecified atom stereocenters. The van der Waals surface area contributed by atoms with E-state index in [1.165, 1.54) is 23.6 Å².